The van der Waals surface area contributed by atoms with E-state index in [2.05, 4.69) is 12.2 Å². The van der Waals surface area contributed by atoms with Crippen LogP contribution in [0.4, 0.5) is 10.5 Å². The fraction of sp³-hybridized carbons (Fsp3) is 0.323. The van der Waals surface area contributed by atoms with Gasteiger partial charge in [-0.3, -0.25) is 9.36 Å². The van der Waals surface area contributed by atoms with Crippen LogP contribution in [-0.2, 0) is 0 Å². The van der Waals surface area contributed by atoms with E-state index in [9.17, 15) is 9.59 Å². The lowest BCUT2D eigenvalue weighted by Gasteiger charge is -2.32. The SMILES string of the molecule is CCCCN(C(=O)Nc1ccc(OCC)cc1)C(CC)c1nc2ccccc2c(=O)n1-c1ccccc1OC. The van der Waals surface area contributed by atoms with Gasteiger partial charge in [0.1, 0.15) is 17.3 Å². The number of anilines is 1. The van der Waals surface area contributed by atoms with Crippen LogP contribution in [0.25, 0.3) is 16.6 Å². The van der Waals surface area contributed by atoms with Gasteiger partial charge >= 0.3 is 6.03 Å². The number of nitrogens with zero attached hydrogens (tertiary/aromatic N) is 3. The number of aromatic nitrogens is 2. The Balaban J connectivity index is 1.83. The number of ether oxygens (including phenoxy) is 2. The third kappa shape index (κ3) is 6.06. The van der Waals surface area contributed by atoms with E-state index in [4.69, 9.17) is 14.5 Å². The molecule has 1 N–H and O–H groups in total. The summed E-state index contributed by atoms with van der Waals surface area (Å²) < 4.78 is 12.7. The average molecular weight is 529 g/mol. The number of methoxy groups -OCH3 is 1. The van der Waals surface area contributed by atoms with E-state index in [1.165, 1.54) is 0 Å². The highest BCUT2D eigenvalue weighted by molar-refractivity contribution is 5.89. The second-order valence-electron chi connectivity index (χ2n) is 9.16. The molecule has 0 fully saturated rings. The van der Waals surface area contributed by atoms with Gasteiger partial charge in [0, 0.05) is 12.2 Å². The van der Waals surface area contributed by atoms with Gasteiger partial charge in [0.25, 0.3) is 5.56 Å². The van der Waals surface area contributed by atoms with E-state index < -0.39 is 6.04 Å². The summed E-state index contributed by atoms with van der Waals surface area (Å²) in [6.45, 7) is 7.09. The minimum absolute atomic E-state index is 0.207. The molecule has 8 nitrogen and oxygen atoms in total. The minimum Gasteiger partial charge on any atom is -0.495 e. The van der Waals surface area contributed by atoms with Crippen LogP contribution in [0.5, 0.6) is 11.5 Å². The van der Waals surface area contributed by atoms with E-state index in [0.717, 1.165) is 18.6 Å². The number of para-hydroxylation sites is 3. The number of rotatable bonds is 11. The van der Waals surface area contributed by atoms with Gasteiger partial charge in [-0.25, -0.2) is 9.78 Å². The summed E-state index contributed by atoms with van der Waals surface area (Å²) in [5, 5.41) is 3.53. The summed E-state index contributed by atoms with van der Waals surface area (Å²) in [6.07, 6.45) is 2.27. The number of carbonyl (C=O) groups is 1. The zero-order valence-electron chi connectivity index (χ0n) is 23.0. The maximum Gasteiger partial charge on any atom is 0.322 e. The molecule has 0 spiro atoms. The molecule has 0 saturated carbocycles. The lowest BCUT2D eigenvalue weighted by atomic mass is 10.1. The highest BCUT2D eigenvalue weighted by atomic mass is 16.5. The molecule has 4 aromatic rings. The summed E-state index contributed by atoms with van der Waals surface area (Å²) in [7, 11) is 1.58. The molecule has 0 bridgehead atoms. The Bertz CT molecular complexity index is 1470. The Morgan fingerprint density at radius 2 is 1.72 bits per heavy atom. The number of unbranched alkanes of at least 4 members (excludes halogenated alkanes) is 1. The van der Waals surface area contributed by atoms with Crippen molar-refractivity contribution in [1.29, 1.82) is 0 Å². The van der Waals surface area contributed by atoms with Crippen molar-refractivity contribution in [3.8, 4) is 17.2 Å². The van der Waals surface area contributed by atoms with Crippen molar-refractivity contribution in [2.24, 2.45) is 0 Å². The first-order valence-electron chi connectivity index (χ1n) is 13.5. The highest BCUT2D eigenvalue weighted by Gasteiger charge is 2.29. The molecule has 39 heavy (non-hydrogen) atoms. The molecule has 3 aromatic carbocycles. The lowest BCUT2D eigenvalue weighted by Crippen LogP contribution is -2.41. The van der Waals surface area contributed by atoms with Crippen LogP contribution in [0.1, 0.15) is 51.9 Å². The molecule has 1 heterocycles. The van der Waals surface area contributed by atoms with Gasteiger partial charge in [-0.15, -0.1) is 0 Å². The smallest absolute Gasteiger partial charge is 0.322 e. The second-order valence-corrected chi connectivity index (χ2v) is 9.16. The topological polar surface area (TPSA) is 85.7 Å². The fourth-order valence-corrected chi connectivity index (χ4v) is 4.69. The molecule has 8 heteroatoms. The molecule has 1 aromatic heterocycles. The Kier molecular flexibility index (Phi) is 9.20. The number of benzene rings is 3. The monoisotopic (exact) mass is 528 g/mol. The fourth-order valence-electron chi connectivity index (χ4n) is 4.69. The first-order chi connectivity index (χ1) is 19.0. The van der Waals surface area contributed by atoms with Gasteiger partial charge in [-0.05, 0) is 68.3 Å². The maximum absolute atomic E-state index is 14.0. The second kappa shape index (κ2) is 13.0. The summed E-state index contributed by atoms with van der Waals surface area (Å²) in [4.78, 5) is 34.5. The number of hydrogen-bond acceptors (Lipinski definition) is 5. The third-order valence-corrected chi connectivity index (χ3v) is 6.62. The van der Waals surface area contributed by atoms with Crippen LogP contribution in [0.3, 0.4) is 0 Å². The average Bonchev–Trinajstić information content (AvgIpc) is 2.96. The van der Waals surface area contributed by atoms with Crippen molar-refractivity contribution in [2.75, 3.05) is 25.6 Å². The Labute approximate surface area is 229 Å². The number of urea groups is 1. The standard InChI is InChI=1S/C31H36N4O4/c1-5-8-21-34(31(37)32-22-17-19-23(20-18-22)39-7-3)26(6-2)29-33-25-14-10-9-13-24(25)30(36)35(29)27-15-11-12-16-28(27)38-4/h9-20,26H,5-8,21H2,1-4H3,(H,32,37). The number of fused-ring (bicyclic) bond motifs is 1. The number of carbonyl (C=O) groups excluding carboxylic acids is 1. The van der Waals surface area contributed by atoms with E-state index >= 15 is 0 Å². The molecule has 0 aliphatic carbocycles. The maximum atomic E-state index is 14.0. The van der Waals surface area contributed by atoms with E-state index in [1.54, 1.807) is 22.6 Å². The summed E-state index contributed by atoms with van der Waals surface area (Å²) in [6, 6.07) is 21.2. The number of amides is 2. The van der Waals surface area contributed by atoms with Gasteiger partial charge in [0.15, 0.2) is 0 Å². The van der Waals surface area contributed by atoms with Crippen molar-refractivity contribution in [3.05, 3.63) is 89.0 Å². The molecule has 4 rings (SSSR count). The van der Waals surface area contributed by atoms with Gasteiger partial charge < -0.3 is 19.7 Å². The predicted octanol–water partition coefficient (Wildman–Crippen LogP) is 6.58. The molecule has 0 aliphatic heterocycles. The molecular weight excluding hydrogens is 492 g/mol. The molecule has 2 amide bonds. The molecule has 204 valence electrons. The van der Waals surface area contributed by atoms with Crippen LogP contribution in [0, 0.1) is 0 Å². The van der Waals surface area contributed by atoms with Crippen LogP contribution in [-0.4, -0.2) is 40.7 Å². The van der Waals surface area contributed by atoms with Gasteiger partial charge in [0.05, 0.1) is 36.3 Å². The van der Waals surface area contributed by atoms with Crippen molar-refractivity contribution >= 4 is 22.6 Å². The molecule has 0 radical (unpaired) electrons. The summed E-state index contributed by atoms with van der Waals surface area (Å²) in [5.74, 6) is 1.78. The van der Waals surface area contributed by atoms with Crippen LogP contribution >= 0.6 is 0 Å². The number of nitrogens with one attached hydrogen (secondary N) is 1. The zero-order valence-corrected chi connectivity index (χ0v) is 23.0. The largest absolute Gasteiger partial charge is 0.495 e. The lowest BCUT2D eigenvalue weighted by molar-refractivity contribution is 0.180. The van der Waals surface area contributed by atoms with Gasteiger partial charge in [-0.1, -0.05) is 44.5 Å². The van der Waals surface area contributed by atoms with Gasteiger partial charge in [-0.2, -0.15) is 0 Å². The minimum atomic E-state index is -0.471. The van der Waals surface area contributed by atoms with E-state index in [1.807, 2.05) is 80.6 Å². The third-order valence-electron chi connectivity index (χ3n) is 6.62. The van der Waals surface area contributed by atoms with Crippen molar-refractivity contribution in [3.63, 3.8) is 0 Å². The molecule has 0 aliphatic rings. The molecule has 1 unspecified atom stereocenters. The first-order valence-corrected chi connectivity index (χ1v) is 13.5. The van der Waals surface area contributed by atoms with Crippen molar-refractivity contribution in [2.45, 2.75) is 46.1 Å². The van der Waals surface area contributed by atoms with Crippen molar-refractivity contribution in [1.82, 2.24) is 14.5 Å². The Morgan fingerprint density at radius 1 is 1.00 bits per heavy atom. The van der Waals surface area contributed by atoms with Crippen LogP contribution < -0.4 is 20.3 Å². The van der Waals surface area contributed by atoms with Gasteiger partial charge in [0.2, 0.25) is 0 Å². The molecule has 0 saturated heterocycles. The summed E-state index contributed by atoms with van der Waals surface area (Å²) >= 11 is 0. The normalized spacial score (nSPS) is 11.7. The Morgan fingerprint density at radius 3 is 2.41 bits per heavy atom. The Hall–Kier alpha value is -4.33. The highest BCUT2D eigenvalue weighted by Crippen LogP contribution is 2.30. The molecule has 1 atom stereocenters. The van der Waals surface area contributed by atoms with E-state index in [0.29, 0.717) is 53.4 Å². The van der Waals surface area contributed by atoms with Crippen LogP contribution in [0.2, 0.25) is 0 Å². The zero-order chi connectivity index (χ0) is 27.8. The predicted molar refractivity (Wildman–Crippen MR) is 155 cm³/mol. The molecular formula is C31H36N4O4. The number of hydrogen-bond donors (Lipinski definition) is 1. The van der Waals surface area contributed by atoms with Crippen molar-refractivity contribution < 1.29 is 14.3 Å². The first kappa shape index (κ1) is 27.7. The summed E-state index contributed by atoms with van der Waals surface area (Å²) in [5.41, 5.74) is 1.62. The van der Waals surface area contributed by atoms with E-state index in [-0.39, 0.29) is 11.6 Å². The quantitative estimate of drug-likeness (QED) is 0.238. The van der Waals surface area contributed by atoms with Crippen LogP contribution in [0.15, 0.2) is 77.6 Å².